The van der Waals surface area contributed by atoms with E-state index in [4.69, 9.17) is 5.73 Å². The molecule has 1 aliphatic heterocycles. The van der Waals surface area contributed by atoms with Crippen LogP contribution in [0.1, 0.15) is 16.7 Å². The van der Waals surface area contributed by atoms with E-state index in [1.54, 1.807) is 31.3 Å². The number of fused-ring (bicyclic) bond motifs is 1. The molecule has 0 bridgehead atoms. The van der Waals surface area contributed by atoms with E-state index in [9.17, 15) is 18.0 Å². The topological polar surface area (TPSA) is 58.7 Å². The fourth-order valence-corrected chi connectivity index (χ4v) is 2.59. The highest BCUT2D eigenvalue weighted by molar-refractivity contribution is 6.19. The first-order chi connectivity index (χ1) is 11.3. The number of nitrogens with two attached hydrogens (primary N) is 1. The van der Waals surface area contributed by atoms with Gasteiger partial charge < -0.3 is 10.6 Å². The number of aliphatic imine (C=N–C) groups is 1. The standard InChI is InChI=1S/C17H14F3N3O/c1-23-13-5-3-2-4-12(13)14(22-15(21)16(23)24)10-6-8-11(9-7-10)17(18,19)20/h2-9,15H,21H2,1H3. The molecule has 0 aromatic heterocycles. The number of benzene rings is 2. The Morgan fingerprint density at radius 2 is 1.71 bits per heavy atom. The van der Waals surface area contributed by atoms with Crippen LogP contribution in [0.5, 0.6) is 0 Å². The molecule has 2 aromatic carbocycles. The Hall–Kier alpha value is -2.67. The van der Waals surface area contributed by atoms with Crippen molar-refractivity contribution in [3.05, 3.63) is 65.2 Å². The Bertz CT molecular complexity index is 813. The molecular formula is C17H14F3N3O. The summed E-state index contributed by atoms with van der Waals surface area (Å²) in [6, 6.07) is 11.7. The lowest BCUT2D eigenvalue weighted by Gasteiger charge is -2.18. The molecule has 0 aliphatic carbocycles. The highest BCUT2D eigenvalue weighted by Gasteiger charge is 2.31. The van der Waals surface area contributed by atoms with Gasteiger partial charge in [0.25, 0.3) is 5.91 Å². The summed E-state index contributed by atoms with van der Waals surface area (Å²) in [5.41, 5.74) is 7.18. The number of anilines is 1. The van der Waals surface area contributed by atoms with E-state index < -0.39 is 17.9 Å². The Morgan fingerprint density at radius 1 is 1.08 bits per heavy atom. The third-order valence-corrected chi connectivity index (χ3v) is 3.86. The van der Waals surface area contributed by atoms with Gasteiger partial charge in [0.2, 0.25) is 0 Å². The lowest BCUT2D eigenvalue weighted by atomic mass is 9.99. The number of hydrogen-bond acceptors (Lipinski definition) is 3. The van der Waals surface area contributed by atoms with E-state index in [1.807, 2.05) is 0 Å². The molecule has 0 saturated heterocycles. The van der Waals surface area contributed by atoms with E-state index in [0.717, 1.165) is 12.1 Å². The summed E-state index contributed by atoms with van der Waals surface area (Å²) >= 11 is 0. The lowest BCUT2D eigenvalue weighted by Crippen LogP contribution is -2.39. The number of carbonyl (C=O) groups excluding carboxylic acids is 1. The van der Waals surface area contributed by atoms with Gasteiger partial charge in [0.1, 0.15) is 0 Å². The summed E-state index contributed by atoms with van der Waals surface area (Å²) < 4.78 is 38.2. The number of hydrogen-bond donors (Lipinski definition) is 1. The third-order valence-electron chi connectivity index (χ3n) is 3.86. The quantitative estimate of drug-likeness (QED) is 0.872. The van der Waals surface area contributed by atoms with Gasteiger partial charge in [-0.3, -0.25) is 9.79 Å². The van der Waals surface area contributed by atoms with Crippen LogP contribution in [0.2, 0.25) is 0 Å². The maximum Gasteiger partial charge on any atom is 0.416 e. The van der Waals surface area contributed by atoms with Crippen LogP contribution < -0.4 is 10.6 Å². The largest absolute Gasteiger partial charge is 0.416 e. The normalized spacial score (nSPS) is 18.0. The molecule has 1 amide bonds. The average Bonchev–Trinajstić information content (AvgIpc) is 2.65. The molecule has 0 spiro atoms. The van der Waals surface area contributed by atoms with E-state index in [0.29, 0.717) is 22.5 Å². The second-order valence-corrected chi connectivity index (χ2v) is 5.41. The predicted octanol–water partition coefficient (Wildman–Crippen LogP) is 2.80. The van der Waals surface area contributed by atoms with Crippen molar-refractivity contribution < 1.29 is 18.0 Å². The number of rotatable bonds is 1. The molecule has 2 N–H and O–H groups in total. The van der Waals surface area contributed by atoms with E-state index in [1.165, 1.54) is 17.0 Å². The molecular weight excluding hydrogens is 319 g/mol. The van der Waals surface area contributed by atoms with Gasteiger partial charge in [-0.2, -0.15) is 13.2 Å². The maximum atomic E-state index is 12.7. The minimum absolute atomic E-state index is 0.385. The van der Waals surface area contributed by atoms with Crippen molar-refractivity contribution in [2.75, 3.05) is 11.9 Å². The maximum absolute atomic E-state index is 12.7. The monoisotopic (exact) mass is 333 g/mol. The second kappa shape index (κ2) is 5.76. The summed E-state index contributed by atoms with van der Waals surface area (Å²) in [6.07, 6.45) is -5.52. The zero-order chi connectivity index (χ0) is 17.5. The summed E-state index contributed by atoms with van der Waals surface area (Å²) in [6.45, 7) is 0. The molecule has 0 radical (unpaired) electrons. The van der Waals surface area contributed by atoms with Crippen molar-refractivity contribution in [1.82, 2.24) is 0 Å². The Morgan fingerprint density at radius 3 is 2.33 bits per heavy atom. The van der Waals surface area contributed by atoms with Gasteiger partial charge in [-0.15, -0.1) is 0 Å². The number of amides is 1. The summed E-state index contributed by atoms with van der Waals surface area (Å²) in [4.78, 5) is 17.9. The fraction of sp³-hybridized carbons (Fsp3) is 0.176. The van der Waals surface area contributed by atoms with Crippen LogP contribution in [0.25, 0.3) is 0 Å². The number of alkyl halides is 3. The summed E-state index contributed by atoms with van der Waals surface area (Å²) in [5, 5.41) is 0. The van der Waals surface area contributed by atoms with Crippen LogP contribution in [0, 0.1) is 0 Å². The van der Waals surface area contributed by atoms with Crippen molar-refractivity contribution in [2.24, 2.45) is 10.7 Å². The molecule has 0 fully saturated rings. The minimum atomic E-state index is -4.41. The summed E-state index contributed by atoms with van der Waals surface area (Å²) in [5.74, 6) is -0.385. The first-order valence-corrected chi connectivity index (χ1v) is 7.17. The zero-order valence-corrected chi connectivity index (χ0v) is 12.7. The molecule has 124 valence electrons. The molecule has 1 aliphatic rings. The molecule has 24 heavy (non-hydrogen) atoms. The molecule has 1 unspecified atom stereocenters. The number of benzodiazepines with no additional fused rings is 1. The van der Waals surface area contributed by atoms with Gasteiger partial charge in [-0.25, -0.2) is 0 Å². The van der Waals surface area contributed by atoms with Crippen LogP contribution in [-0.4, -0.2) is 24.8 Å². The van der Waals surface area contributed by atoms with Gasteiger partial charge in [-0.05, 0) is 18.2 Å². The number of halogens is 3. The predicted molar refractivity (Wildman–Crippen MR) is 84.9 cm³/mol. The molecule has 4 nitrogen and oxygen atoms in total. The Kier molecular flexibility index (Phi) is 3.88. The smallest absolute Gasteiger partial charge is 0.312 e. The zero-order valence-electron chi connectivity index (χ0n) is 12.7. The molecule has 1 atom stereocenters. The molecule has 3 rings (SSSR count). The van der Waals surface area contributed by atoms with Gasteiger partial charge in [-0.1, -0.05) is 30.3 Å². The number of para-hydroxylation sites is 1. The minimum Gasteiger partial charge on any atom is -0.312 e. The SMILES string of the molecule is CN1C(=O)C(N)N=C(c2ccc(C(F)(F)F)cc2)c2ccccc21. The number of nitrogens with zero attached hydrogens (tertiary/aromatic N) is 2. The number of likely N-dealkylation sites (N-methyl/N-ethyl adjacent to an activating group) is 1. The highest BCUT2D eigenvalue weighted by atomic mass is 19.4. The van der Waals surface area contributed by atoms with Gasteiger partial charge in [0.15, 0.2) is 6.17 Å². The van der Waals surface area contributed by atoms with E-state index >= 15 is 0 Å². The first kappa shape index (κ1) is 16.2. The van der Waals surface area contributed by atoms with Crippen LogP contribution in [0.15, 0.2) is 53.5 Å². The lowest BCUT2D eigenvalue weighted by molar-refractivity contribution is -0.137. The molecule has 0 saturated carbocycles. The van der Waals surface area contributed by atoms with Crippen molar-refractivity contribution in [3.63, 3.8) is 0 Å². The van der Waals surface area contributed by atoms with Crippen LogP contribution in [0.4, 0.5) is 18.9 Å². The fourth-order valence-electron chi connectivity index (χ4n) is 2.59. The second-order valence-electron chi connectivity index (χ2n) is 5.41. The van der Waals surface area contributed by atoms with E-state index in [-0.39, 0.29) is 5.91 Å². The highest BCUT2D eigenvalue weighted by Crippen LogP contribution is 2.31. The van der Waals surface area contributed by atoms with Crippen LogP contribution >= 0.6 is 0 Å². The Labute approximate surface area is 136 Å². The van der Waals surface area contributed by atoms with Crippen LogP contribution in [0.3, 0.4) is 0 Å². The van der Waals surface area contributed by atoms with Crippen molar-refractivity contribution in [1.29, 1.82) is 0 Å². The average molecular weight is 333 g/mol. The Balaban J connectivity index is 2.13. The van der Waals surface area contributed by atoms with Gasteiger partial charge in [0.05, 0.1) is 17.0 Å². The van der Waals surface area contributed by atoms with Gasteiger partial charge >= 0.3 is 6.18 Å². The molecule has 2 aromatic rings. The van der Waals surface area contributed by atoms with Crippen molar-refractivity contribution in [3.8, 4) is 0 Å². The van der Waals surface area contributed by atoms with Gasteiger partial charge in [0, 0.05) is 18.2 Å². The molecule has 1 heterocycles. The van der Waals surface area contributed by atoms with Crippen LogP contribution in [-0.2, 0) is 11.0 Å². The molecule has 7 heteroatoms. The summed E-state index contributed by atoms with van der Waals surface area (Å²) in [7, 11) is 1.59. The van der Waals surface area contributed by atoms with Crippen molar-refractivity contribution in [2.45, 2.75) is 12.3 Å². The third kappa shape index (κ3) is 2.78. The first-order valence-electron chi connectivity index (χ1n) is 7.17. The van der Waals surface area contributed by atoms with E-state index in [2.05, 4.69) is 4.99 Å². The van der Waals surface area contributed by atoms with Crippen molar-refractivity contribution >= 4 is 17.3 Å². The number of carbonyl (C=O) groups is 1.